The van der Waals surface area contributed by atoms with Crippen molar-refractivity contribution in [1.82, 2.24) is 9.78 Å². The molecule has 0 bridgehead atoms. The summed E-state index contributed by atoms with van der Waals surface area (Å²) in [6.07, 6.45) is 0. The van der Waals surface area contributed by atoms with E-state index in [4.69, 9.17) is 9.84 Å². The zero-order valence-corrected chi connectivity index (χ0v) is 8.88. The highest BCUT2D eigenvalue weighted by atomic mass is 16.5. The fourth-order valence-electron chi connectivity index (χ4n) is 1.60. The van der Waals surface area contributed by atoms with Gasteiger partial charge in [0.05, 0.1) is 31.0 Å². The third-order valence-corrected chi connectivity index (χ3v) is 2.34. The topological polar surface area (TPSA) is 64.3 Å². The maximum Gasteiger partial charge on any atom is 0.274 e. The molecule has 1 aromatic heterocycles. The van der Waals surface area contributed by atoms with Gasteiger partial charge in [-0.3, -0.25) is 4.79 Å². The predicted molar refractivity (Wildman–Crippen MR) is 59.6 cm³/mol. The maximum atomic E-state index is 11.9. The first kappa shape index (κ1) is 10.6. The normalized spacial score (nSPS) is 10.6. The van der Waals surface area contributed by atoms with E-state index in [1.807, 2.05) is 6.07 Å². The molecular formula is C11H12N2O3. The van der Waals surface area contributed by atoms with Gasteiger partial charge in [-0.2, -0.15) is 0 Å². The van der Waals surface area contributed by atoms with E-state index >= 15 is 0 Å². The highest BCUT2D eigenvalue weighted by molar-refractivity contribution is 5.85. The van der Waals surface area contributed by atoms with Crippen LogP contribution in [0.2, 0.25) is 0 Å². The Morgan fingerprint density at radius 1 is 1.38 bits per heavy atom. The number of hydrogen-bond acceptors (Lipinski definition) is 4. The van der Waals surface area contributed by atoms with Crippen molar-refractivity contribution in [2.24, 2.45) is 0 Å². The summed E-state index contributed by atoms with van der Waals surface area (Å²) >= 11 is 0. The molecule has 0 amide bonds. The third kappa shape index (κ3) is 1.65. The Balaban J connectivity index is 2.78. The molecule has 2 rings (SSSR count). The van der Waals surface area contributed by atoms with Gasteiger partial charge in [0, 0.05) is 0 Å². The number of aliphatic hydroxyl groups is 1. The van der Waals surface area contributed by atoms with Crippen LogP contribution in [0, 0.1) is 0 Å². The highest BCUT2D eigenvalue weighted by Gasteiger charge is 2.09. The lowest BCUT2D eigenvalue weighted by atomic mass is 10.2. The lowest BCUT2D eigenvalue weighted by Gasteiger charge is -2.08. The summed E-state index contributed by atoms with van der Waals surface area (Å²) < 4.78 is 6.33. The van der Waals surface area contributed by atoms with Gasteiger partial charge in [0.1, 0.15) is 0 Å². The number of rotatable bonds is 3. The van der Waals surface area contributed by atoms with E-state index in [0.717, 1.165) is 0 Å². The van der Waals surface area contributed by atoms with Crippen LogP contribution in [0.3, 0.4) is 0 Å². The number of aliphatic hydroxyl groups excluding tert-OH is 1. The number of fused-ring (bicyclic) bond motifs is 1. The Morgan fingerprint density at radius 3 is 2.69 bits per heavy atom. The van der Waals surface area contributed by atoms with Gasteiger partial charge in [0.15, 0.2) is 0 Å². The minimum absolute atomic E-state index is 0.131. The largest absolute Gasteiger partial charge is 0.480 e. The second-order valence-electron chi connectivity index (χ2n) is 3.31. The summed E-state index contributed by atoms with van der Waals surface area (Å²) in [7, 11) is 1.50. The molecule has 16 heavy (non-hydrogen) atoms. The number of ether oxygens (including phenoxy) is 1. The fourth-order valence-corrected chi connectivity index (χ4v) is 1.60. The van der Waals surface area contributed by atoms with Gasteiger partial charge in [0.2, 0.25) is 5.88 Å². The van der Waals surface area contributed by atoms with Gasteiger partial charge in [-0.25, -0.2) is 4.68 Å². The first-order valence-corrected chi connectivity index (χ1v) is 4.92. The van der Waals surface area contributed by atoms with Gasteiger partial charge in [0.25, 0.3) is 5.56 Å². The molecule has 5 heteroatoms. The average Bonchev–Trinajstić information content (AvgIpc) is 2.33. The molecule has 0 aliphatic rings. The summed E-state index contributed by atoms with van der Waals surface area (Å²) in [6.45, 7) is 0.0361. The number of benzene rings is 1. The lowest BCUT2D eigenvalue weighted by Crippen LogP contribution is -2.25. The Kier molecular flexibility index (Phi) is 2.87. The van der Waals surface area contributed by atoms with E-state index in [1.165, 1.54) is 11.8 Å². The van der Waals surface area contributed by atoms with E-state index in [0.29, 0.717) is 16.7 Å². The van der Waals surface area contributed by atoms with Crippen molar-refractivity contribution in [1.29, 1.82) is 0 Å². The van der Waals surface area contributed by atoms with Gasteiger partial charge in [-0.1, -0.05) is 12.1 Å². The number of hydrogen-bond donors (Lipinski definition) is 1. The lowest BCUT2D eigenvalue weighted by molar-refractivity contribution is 0.263. The summed E-state index contributed by atoms with van der Waals surface area (Å²) in [5.74, 6) is 0.392. The molecule has 84 valence electrons. The number of methoxy groups -OCH3 is 1. The quantitative estimate of drug-likeness (QED) is 0.813. The minimum atomic E-state index is -0.217. The molecule has 5 nitrogen and oxygen atoms in total. The Morgan fingerprint density at radius 2 is 2.06 bits per heavy atom. The Hall–Kier alpha value is -1.88. The van der Waals surface area contributed by atoms with Gasteiger partial charge in [-0.05, 0) is 12.1 Å². The molecule has 1 aromatic carbocycles. The van der Waals surface area contributed by atoms with E-state index in [2.05, 4.69) is 5.10 Å². The maximum absolute atomic E-state index is 11.9. The fraction of sp³-hybridized carbons (Fsp3) is 0.273. The van der Waals surface area contributed by atoms with Crippen LogP contribution in [0.5, 0.6) is 5.88 Å². The zero-order chi connectivity index (χ0) is 11.5. The molecule has 1 N–H and O–H groups in total. The predicted octanol–water partition coefficient (Wildman–Crippen LogP) is 0.397. The molecule has 0 spiro atoms. The third-order valence-electron chi connectivity index (χ3n) is 2.34. The molecular weight excluding hydrogens is 208 g/mol. The van der Waals surface area contributed by atoms with Crippen molar-refractivity contribution in [2.75, 3.05) is 13.7 Å². The first-order chi connectivity index (χ1) is 7.77. The molecule has 0 aliphatic heterocycles. The van der Waals surface area contributed by atoms with Crippen molar-refractivity contribution < 1.29 is 9.84 Å². The van der Waals surface area contributed by atoms with Crippen LogP contribution < -0.4 is 10.3 Å². The Labute approximate surface area is 91.9 Å². The van der Waals surface area contributed by atoms with E-state index < -0.39 is 0 Å². The van der Waals surface area contributed by atoms with Crippen molar-refractivity contribution in [3.63, 3.8) is 0 Å². The van der Waals surface area contributed by atoms with Gasteiger partial charge in [-0.15, -0.1) is 5.10 Å². The molecule has 0 atom stereocenters. The molecule has 0 aliphatic carbocycles. The van der Waals surface area contributed by atoms with Crippen molar-refractivity contribution in [3.05, 3.63) is 34.6 Å². The molecule has 0 saturated heterocycles. The van der Waals surface area contributed by atoms with Crippen LogP contribution in [0.25, 0.3) is 10.8 Å². The molecule has 0 saturated carbocycles. The monoisotopic (exact) mass is 220 g/mol. The smallest absolute Gasteiger partial charge is 0.274 e. The average molecular weight is 220 g/mol. The number of nitrogens with zero attached hydrogens (tertiary/aromatic N) is 2. The van der Waals surface area contributed by atoms with Crippen LogP contribution in [0.1, 0.15) is 0 Å². The second-order valence-corrected chi connectivity index (χ2v) is 3.31. The molecule has 1 heterocycles. The first-order valence-electron chi connectivity index (χ1n) is 4.92. The van der Waals surface area contributed by atoms with Gasteiger partial charge < -0.3 is 9.84 Å². The van der Waals surface area contributed by atoms with Crippen molar-refractivity contribution in [3.8, 4) is 5.88 Å². The number of aromatic nitrogens is 2. The SMILES string of the molecule is COc1nn(CCO)c(=O)c2ccccc12. The van der Waals surface area contributed by atoms with Gasteiger partial charge >= 0.3 is 0 Å². The zero-order valence-electron chi connectivity index (χ0n) is 8.88. The van der Waals surface area contributed by atoms with Crippen LogP contribution in [0.4, 0.5) is 0 Å². The summed E-state index contributed by atoms with van der Waals surface area (Å²) in [6, 6.07) is 7.11. The second kappa shape index (κ2) is 4.32. The van der Waals surface area contributed by atoms with E-state index in [-0.39, 0.29) is 18.7 Å². The molecule has 2 aromatic rings. The minimum Gasteiger partial charge on any atom is -0.480 e. The summed E-state index contributed by atoms with van der Waals surface area (Å²) in [5, 5.41) is 14.1. The van der Waals surface area contributed by atoms with Crippen LogP contribution in [-0.4, -0.2) is 28.6 Å². The highest BCUT2D eigenvalue weighted by Crippen LogP contribution is 2.18. The molecule has 0 unspecified atom stereocenters. The van der Waals surface area contributed by atoms with Crippen LogP contribution in [-0.2, 0) is 6.54 Å². The van der Waals surface area contributed by atoms with Crippen molar-refractivity contribution >= 4 is 10.8 Å². The van der Waals surface area contributed by atoms with Crippen LogP contribution >= 0.6 is 0 Å². The Bertz CT molecular complexity index is 563. The van der Waals surface area contributed by atoms with E-state index in [9.17, 15) is 4.79 Å². The van der Waals surface area contributed by atoms with Crippen molar-refractivity contribution in [2.45, 2.75) is 6.54 Å². The molecule has 0 radical (unpaired) electrons. The van der Waals surface area contributed by atoms with Crippen LogP contribution in [0.15, 0.2) is 29.1 Å². The molecule has 0 fully saturated rings. The summed E-state index contributed by atoms with van der Waals surface area (Å²) in [4.78, 5) is 11.9. The summed E-state index contributed by atoms with van der Waals surface area (Å²) in [5.41, 5.74) is -0.217. The standard InChI is InChI=1S/C11H12N2O3/c1-16-10-8-4-2-3-5-9(8)11(15)13(12-10)6-7-14/h2-5,14H,6-7H2,1H3. The van der Waals surface area contributed by atoms with E-state index in [1.54, 1.807) is 18.2 Å².